The van der Waals surface area contributed by atoms with Crippen LogP contribution in [0.3, 0.4) is 0 Å². The fourth-order valence-electron chi connectivity index (χ4n) is 4.37. The highest BCUT2D eigenvalue weighted by atomic mass is 19.1. The maximum absolute atomic E-state index is 13.8. The standard InChI is InChI=1S/C24H30FN3O/c25-23-7-3-2-6-20(23)18-27-16-12-19(13-17-27)24(29)26-21-8-10-22(11-9-21)28-14-4-1-5-15-28/h2-3,6-11,19H,1,4-5,12-18H2,(H,26,29). The van der Waals surface area contributed by atoms with Crippen molar-refractivity contribution in [3.63, 3.8) is 0 Å². The van der Waals surface area contributed by atoms with E-state index in [2.05, 4.69) is 27.2 Å². The van der Waals surface area contributed by atoms with E-state index in [1.165, 1.54) is 31.0 Å². The number of hydrogen-bond donors (Lipinski definition) is 1. The number of hydrogen-bond acceptors (Lipinski definition) is 3. The summed E-state index contributed by atoms with van der Waals surface area (Å²) in [6.07, 6.45) is 5.46. The molecule has 0 aliphatic carbocycles. The highest BCUT2D eigenvalue weighted by Gasteiger charge is 2.25. The number of anilines is 2. The van der Waals surface area contributed by atoms with Gasteiger partial charge in [-0.2, -0.15) is 0 Å². The first-order chi connectivity index (χ1) is 14.2. The van der Waals surface area contributed by atoms with Gasteiger partial charge in [0.1, 0.15) is 5.82 Å². The largest absolute Gasteiger partial charge is 0.372 e. The molecule has 2 aliphatic rings. The Bertz CT molecular complexity index is 809. The first-order valence-electron chi connectivity index (χ1n) is 10.8. The molecular formula is C24H30FN3O. The zero-order valence-corrected chi connectivity index (χ0v) is 16.9. The average molecular weight is 396 g/mol. The van der Waals surface area contributed by atoms with Gasteiger partial charge in [0.15, 0.2) is 0 Å². The van der Waals surface area contributed by atoms with Gasteiger partial charge in [0, 0.05) is 42.5 Å². The highest BCUT2D eigenvalue weighted by Crippen LogP contribution is 2.24. The van der Waals surface area contributed by atoms with Crippen LogP contribution in [0.2, 0.25) is 0 Å². The van der Waals surface area contributed by atoms with Crippen molar-refractivity contribution in [2.75, 3.05) is 36.4 Å². The molecule has 2 aromatic carbocycles. The van der Waals surface area contributed by atoms with Crippen LogP contribution in [-0.2, 0) is 11.3 Å². The molecule has 0 aromatic heterocycles. The fraction of sp³-hybridized carbons (Fsp3) is 0.458. The van der Waals surface area contributed by atoms with Crippen molar-refractivity contribution < 1.29 is 9.18 Å². The summed E-state index contributed by atoms with van der Waals surface area (Å²) in [5.74, 6) is -0.0322. The Morgan fingerprint density at radius 3 is 2.31 bits per heavy atom. The van der Waals surface area contributed by atoms with Crippen LogP contribution in [0.1, 0.15) is 37.7 Å². The molecule has 1 amide bonds. The third kappa shape index (κ3) is 5.15. The number of nitrogens with one attached hydrogen (secondary N) is 1. The molecule has 2 fully saturated rings. The normalized spacial score (nSPS) is 18.6. The molecule has 0 unspecified atom stereocenters. The van der Waals surface area contributed by atoms with E-state index in [4.69, 9.17) is 0 Å². The van der Waals surface area contributed by atoms with E-state index in [9.17, 15) is 9.18 Å². The average Bonchev–Trinajstić information content (AvgIpc) is 2.77. The van der Waals surface area contributed by atoms with E-state index in [1.54, 1.807) is 6.07 Å². The number of halogens is 1. The minimum atomic E-state index is -0.152. The molecule has 0 saturated carbocycles. The summed E-state index contributed by atoms with van der Waals surface area (Å²) in [6, 6.07) is 15.2. The molecule has 4 rings (SSSR count). The van der Waals surface area contributed by atoms with Gasteiger partial charge in [-0.1, -0.05) is 18.2 Å². The molecule has 4 nitrogen and oxygen atoms in total. The van der Waals surface area contributed by atoms with E-state index < -0.39 is 0 Å². The van der Waals surface area contributed by atoms with Gasteiger partial charge >= 0.3 is 0 Å². The van der Waals surface area contributed by atoms with Crippen LogP contribution in [0, 0.1) is 11.7 Å². The summed E-state index contributed by atoms with van der Waals surface area (Å²) in [7, 11) is 0. The molecule has 2 heterocycles. The van der Waals surface area contributed by atoms with Crippen molar-refractivity contribution >= 4 is 17.3 Å². The molecule has 5 heteroatoms. The maximum atomic E-state index is 13.8. The van der Waals surface area contributed by atoms with Crippen molar-refractivity contribution in [1.29, 1.82) is 0 Å². The first-order valence-corrected chi connectivity index (χ1v) is 10.8. The number of amides is 1. The third-order valence-electron chi connectivity index (χ3n) is 6.17. The van der Waals surface area contributed by atoms with E-state index in [0.717, 1.165) is 50.3 Å². The maximum Gasteiger partial charge on any atom is 0.227 e. The molecule has 0 bridgehead atoms. The topological polar surface area (TPSA) is 35.6 Å². The SMILES string of the molecule is O=C(Nc1ccc(N2CCCCC2)cc1)C1CCN(Cc2ccccc2F)CC1. The zero-order chi connectivity index (χ0) is 20.1. The zero-order valence-electron chi connectivity index (χ0n) is 16.9. The molecule has 2 aliphatic heterocycles. The predicted molar refractivity (Wildman–Crippen MR) is 116 cm³/mol. The van der Waals surface area contributed by atoms with E-state index in [-0.39, 0.29) is 17.6 Å². The molecule has 1 N–H and O–H groups in total. The summed E-state index contributed by atoms with van der Waals surface area (Å²) in [6.45, 7) is 4.49. The molecule has 154 valence electrons. The summed E-state index contributed by atoms with van der Waals surface area (Å²) < 4.78 is 13.8. The van der Waals surface area contributed by atoms with Crippen LogP contribution in [0.4, 0.5) is 15.8 Å². The second kappa shape index (κ2) is 9.40. The van der Waals surface area contributed by atoms with Crippen molar-refractivity contribution in [2.45, 2.75) is 38.6 Å². The number of piperidine rings is 2. The summed E-state index contributed by atoms with van der Waals surface area (Å²) >= 11 is 0. The minimum absolute atomic E-state index is 0.0219. The van der Waals surface area contributed by atoms with Crippen LogP contribution in [0.25, 0.3) is 0 Å². The fourth-order valence-corrected chi connectivity index (χ4v) is 4.37. The Hall–Kier alpha value is -2.40. The Balaban J connectivity index is 1.26. The van der Waals surface area contributed by atoms with Crippen LogP contribution < -0.4 is 10.2 Å². The molecule has 0 atom stereocenters. The number of carbonyl (C=O) groups excluding carboxylic acids is 1. The van der Waals surface area contributed by atoms with Gasteiger partial charge in [-0.3, -0.25) is 9.69 Å². The second-order valence-corrected chi connectivity index (χ2v) is 8.23. The van der Waals surface area contributed by atoms with Gasteiger partial charge in [-0.25, -0.2) is 4.39 Å². The third-order valence-corrected chi connectivity index (χ3v) is 6.17. The van der Waals surface area contributed by atoms with Gasteiger partial charge in [-0.15, -0.1) is 0 Å². The van der Waals surface area contributed by atoms with Gasteiger partial charge in [0.2, 0.25) is 5.91 Å². The Morgan fingerprint density at radius 1 is 0.931 bits per heavy atom. The first kappa shape index (κ1) is 19.9. The van der Waals surface area contributed by atoms with Crippen LogP contribution in [0.5, 0.6) is 0 Å². The minimum Gasteiger partial charge on any atom is -0.372 e. The molecule has 29 heavy (non-hydrogen) atoms. The van der Waals surface area contributed by atoms with Crippen LogP contribution in [0.15, 0.2) is 48.5 Å². The van der Waals surface area contributed by atoms with Crippen molar-refractivity contribution in [3.8, 4) is 0 Å². The Kier molecular flexibility index (Phi) is 6.45. The lowest BCUT2D eigenvalue weighted by Gasteiger charge is -2.31. The lowest BCUT2D eigenvalue weighted by Crippen LogP contribution is -2.37. The smallest absolute Gasteiger partial charge is 0.227 e. The number of nitrogens with zero attached hydrogens (tertiary/aromatic N) is 2. The molecule has 0 radical (unpaired) electrons. The molecular weight excluding hydrogens is 365 g/mol. The van der Waals surface area contributed by atoms with Crippen LogP contribution in [-0.4, -0.2) is 37.0 Å². The molecule has 2 saturated heterocycles. The van der Waals surface area contributed by atoms with Gasteiger partial charge in [0.05, 0.1) is 0 Å². The van der Waals surface area contributed by atoms with E-state index in [0.29, 0.717) is 6.54 Å². The number of rotatable bonds is 5. The number of likely N-dealkylation sites (tertiary alicyclic amines) is 1. The lowest BCUT2D eigenvalue weighted by molar-refractivity contribution is -0.121. The summed E-state index contributed by atoms with van der Waals surface area (Å²) in [4.78, 5) is 17.3. The lowest BCUT2D eigenvalue weighted by atomic mass is 9.95. The monoisotopic (exact) mass is 395 g/mol. The predicted octanol–water partition coefficient (Wildman–Crippen LogP) is 4.67. The van der Waals surface area contributed by atoms with E-state index in [1.807, 2.05) is 24.3 Å². The van der Waals surface area contributed by atoms with E-state index >= 15 is 0 Å². The summed E-state index contributed by atoms with van der Waals surface area (Å²) in [5, 5.41) is 3.08. The second-order valence-electron chi connectivity index (χ2n) is 8.23. The van der Waals surface area contributed by atoms with Crippen molar-refractivity contribution in [1.82, 2.24) is 4.90 Å². The molecule has 0 spiro atoms. The van der Waals surface area contributed by atoms with Gasteiger partial charge < -0.3 is 10.2 Å². The Morgan fingerprint density at radius 2 is 1.62 bits per heavy atom. The Labute approximate surface area is 172 Å². The molecule has 2 aromatic rings. The van der Waals surface area contributed by atoms with Crippen molar-refractivity contribution in [3.05, 3.63) is 59.9 Å². The number of benzene rings is 2. The highest BCUT2D eigenvalue weighted by molar-refractivity contribution is 5.92. The van der Waals surface area contributed by atoms with Gasteiger partial charge in [0.25, 0.3) is 0 Å². The van der Waals surface area contributed by atoms with Crippen LogP contribution >= 0.6 is 0 Å². The van der Waals surface area contributed by atoms with Gasteiger partial charge in [-0.05, 0) is 75.5 Å². The number of carbonyl (C=O) groups is 1. The summed E-state index contributed by atoms with van der Waals surface area (Å²) in [5.41, 5.74) is 2.83. The quantitative estimate of drug-likeness (QED) is 0.799. The van der Waals surface area contributed by atoms with Crippen molar-refractivity contribution in [2.24, 2.45) is 5.92 Å².